The van der Waals surface area contributed by atoms with Crippen LogP contribution >= 0.6 is 0 Å². The van der Waals surface area contributed by atoms with E-state index in [9.17, 15) is 4.79 Å². The molecule has 1 rings (SSSR count). The van der Waals surface area contributed by atoms with Gasteiger partial charge in [-0.15, -0.1) is 0 Å². The highest BCUT2D eigenvalue weighted by atomic mass is 127. The zero-order valence-corrected chi connectivity index (χ0v) is 17.2. The van der Waals surface area contributed by atoms with Crippen molar-refractivity contribution in [3.63, 3.8) is 0 Å². The van der Waals surface area contributed by atoms with Gasteiger partial charge in [-0.3, -0.25) is 0 Å². The Labute approximate surface area is 152 Å². The number of halogens is 1. The molecule has 0 atom stereocenters. The standard InChI is InChI=1S/C17H29N2O2.HI/c1-12(2)14-10-15(18(4)5)16(9-13(14)3)21-17(20)11-19(6,7)8;/h9-10,12H,11H2,1-8H3;1H/q+1;/p-1. The maximum Gasteiger partial charge on any atom is 0.367 e. The molecular formula is C17H29IN2O2. The number of esters is 1. The number of benzene rings is 1. The van der Waals surface area contributed by atoms with Crippen molar-refractivity contribution in [1.29, 1.82) is 0 Å². The number of hydrogen-bond donors (Lipinski definition) is 0. The van der Waals surface area contributed by atoms with E-state index >= 15 is 0 Å². The molecule has 1 aromatic rings. The van der Waals surface area contributed by atoms with Crippen LogP contribution in [0.4, 0.5) is 5.69 Å². The normalized spacial score (nSPS) is 11.1. The lowest BCUT2D eigenvalue weighted by Gasteiger charge is -2.24. The van der Waals surface area contributed by atoms with Crippen LogP contribution in [0.25, 0.3) is 0 Å². The highest BCUT2D eigenvalue weighted by molar-refractivity contribution is 5.76. The first-order valence-corrected chi connectivity index (χ1v) is 7.34. The summed E-state index contributed by atoms with van der Waals surface area (Å²) in [5.74, 6) is 0.877. The van der Waals surface area contributed by atoms with Crippen molar-refractivity contribution in [2.45, 2.75) is 26.7 Å². The van der Waals surface area contributed by atoms with Crippen molar-refractivity contribution < 1.29 is 38.0 Å². The van der Waals surface area contributed by atoms with Crippen molar-refractivity contribution in [2.24, 2.45) is 0 Å². The molecule has 4 nitrogen and oxygen atoms in total. The lowest BCUT2D eigenvalue weighted by molar-refractivity contribution is -0.862. The van der Waals surface area contributed by atoms with Gasteiger partial charge in [0.2, 0.25) is 0 Å². The number of carbonyl (C=O) groups excluding carboxylic acids is 1. The van der Waals surface area contributed by atoms with Crippen molar-refractivity contribution in [1.82, 2.24) is 0 Å². The van der Waals surface area contributed by atoms with E-state index in [0.717, 1.165) is 11.3 Å². The number of carbonyl (C=O) groups is 1. The van der Waals surface area contributed by atoms with Crippen LogP contribution in [-0.2, 0) is 4.79 Å². The summed E-state index contributed by atoms with van der Waals surface area (Å²) in [5, 5.41) is 0. The number of anilines is 1. The average Bonchev–Trinajstić information content (AvgIpc) is 2.24. The molecule has 0 amide bonds. The maximum atomic E-state index is 12.1. The minimum absolute atomic E-state index is 0. The van der Waals surface area contributed by atoms with Crippen LogP contribution in [0.3, 0.4) is 0 Å². The summed E-state index contributed by atoms with van der Waals surface area (Å²) in [6.45, 7) is 6.75. The first-order chi connectivity index (χ1) is 9.51. The maximum absolute atomic E-state index is 12.1. The third kappa shape index (κ3) is 6.12. The van der Waals surface area contributed by atoms with E-state index in [1.165, 1.54) is 5.56 Å². The zero-order valence-electron chi connectivity index (χ0n) is 15.0. The van der Waals surface area contributed by atoms with Gasteiger partial charge in [0.05, 0.1) is 26.8 Å². The lowest BCUT2D eigenvalue weighted by atomic mass is 9.97. The number of likely N-dealkylation sites (N-methyl/N-ethyl adjacent to an activating group) is 1. The van der Waals surface area contributed by atoms with Gasteiger partial charge in [-0.2, -0.15) is 0 Å². The second-order valence-corrected chi connectivity index (χ2v) is 7.15. The molecule has 0 fully saturated rings. The van der Waals surface area contributed by atoms with E-state index in [4.69, 9.17) is 4.74 Å². The fraction of sp³-hybridized carbons (Fsp3) is 0.588. The minimum atomic E-state index is -0.206. The predicted molar refractivity (Wildman–Crippen MR) is 88.1 cm³/mol. The van der Waals surface area contributed by atoms with E-state index in [1.807, 2.05) is 46.2 Å². The van der Waals surface area contributed by atoms with Crippen molar-refractivity contribution in [2.75, 3.05) is 46.7 Å². The molecule has 0 aromatic heterocycles. The Morgan fingerprint density at radius 1 is 1.23 bits per heavy atom. The van der Waals surface area contributed by atoms with Gasteiger partial charge in [-0.05, 0) is 36.1 Å². The summed E-state index contributed by atoms with van der Waals surface area (Å²) in [7, 11) is 9.85. The molecule has 0 aliphatic carbocycles. The second kappa shape index (κ2) is 8.15. The van der Waals surface area contributed by atoms with Crippen LogP contribution in [0.15, 0.2) is 12.1 Å². The van der Waals surface area contributed by atoms with Crippen LogP contribution in [0.5, 0.6) is 5.75 Å². The van der Waals surface area contributed by atoms with Crippen LogP contribution in [-0.4, -0.2) is 52.2 Å². The summed E-state index contributed by atoms with van der Waals surface area (Å²) >= 11 is 0. The van der Waals surface area contributed by atoms with Gasteiger partial charge in [0.15, 0.2) is 12.3 Å². The van der Waals surface area contributed by atoms with Gasteiger partial charge in [-0.25, -0.2) is 4.79 Å². The van der Waals surface area contributed by atoms with E-state index in [1.54, 1.807) is 0 Å². The number of aryl methyl sites for hydroxylation is 1. The highest BCUT2D eigenvalue weighted by Crippen LogP contribution is 2.33. The molecule has 0 aliphatic heterocycles. The van der Waals surface area contributed by atoms with E-state index in [0.29, 0.717) is 22.7 Å². The molecule has 0 heterocycles. The van der Waals surface area contributed by atoms with Crippen LogP contribution in [0.2, 0.25) is 0 Å². The molecule has 1 aromatic carbocycles. The van der Waals surface area contributed by atoms with Gasteiger partial charge in [-0.1, -0.05) is 13.8 Å². The molecule has 0 aliphatic rings. The topological polar surface area (TPSA) is 29.5 Å². The van der Waals surface area contributed by atoms with Gasteiger partial charge >= 0.3 is 5.97 Å². The van der Waals surface area contributed by atoms with Gasteiger partial charge in [0.1, 0.15) is 0 Å². The molecular weight excluding hydrogens is 391 g/mol. The van der Waals surface area contributed by atoms with Crippen LogP contribution < -0.4 is 33.6 Å². The highest BCUT2D eigenvalue weighted by Gasteiger charge is 2.19. The molecule has 0 N–H and O–H groups in total. The Kier molecular flexibility index (Phi) is 7.85. The quantitative estimate of drug-likeness (QED) is 0.286. The fourth-order valence-electron chi connectivity index (χ4n) is 2.28. The first-order valence-electron chi connectivity index (χ1n) is 7.34. The van der Waals surface area contributed by atoms with Crippen molar-refractivity contribution in [3.8, 4) is 5.75 Å². The van der Waals surface area contributed by atoms with Crippen LogP contribution in [0, 0.1) is 6.92 Å². The molecule has 0 radical (unpaired) electrons. The molecule has 22 heavy (non-hydrogen) atoms. The second-order valence-electron chi connectivity index (χ2n) is 7.15. The summed E-state index contributed by atoms with van der Waals surface area (Å²) < 4.78 is 6.16. The predicted octanol–water partition coefficient (Wildman–Crippen LogP) is -0.200. The van der Waals surface area contributed by atoms with Gasteiger partial charge < -0.3 is 38.1 Å². The number of rotatable bonds is 5. The summed E-state index contributed by atoms with van der Waals surface area (Å²) in [6, 6.07) is 4.09. The minimum Gasteiger partial charge on any atom is -1.00 e. The van der Waals surface area contributed by atoms with Crippen molar-refractivity contribution in [3.05, 3.63) is 23.3 Å². The molecule has 0 spiro atoms. The average molecular weight is 420 g/mol. The first kappa shape index (κ1) is 21.2. The largest absolute Gasteiger partial charge is 1.00 e. The lowest BCUT2D eigenvalue weighted by Crippen LogP contribution is -3.00. The smallest absolute Gasteiger partial charge is 0.367 e. The van der Waals surface area contributed by atoms with Crippen LogP contribution in [0.1, 0.15) is 30.9 Å². The molecule has 5 heteroatoms. The van der Waals surface area contributed by atoms with Gasteiger partial charge in [0.25, 0.3) is 0 Å². The summed E-state index contributed by atoms with van der Waals surface area (Å²) in [5.41, 5.74) is 3.38. The summed E-state index contributed by atoms with van der Waals surface area (Å²) in [4.78, 5) is 14.1. The molecule has 0 unspecified atom stereocenters. The Balaban J connectivity index is 0.00000441. The Morgan fingerprint density at radius 3 is 2.18 bits per heavy atom. The van der Waals surface area contributed by atoms with Gasteiger partial charge in [0, 0.05) is 14.1 Å². The van der Waals surface area contributed by atoms with E-state index in [-0.39, 0.29) is 29.9 Å². The molecule has 0 bridgehead atoms. The zero-order chi connectivity index (χ0) is 16.4. The monoisotopic (exact) mass is 420 g/mol. The van der Waals surface area contributed by atoms with E-state index < -0.39 is 0 Å². The number of ether oxygens (including phenoxy) is 1. The third-order valence-corrected chi connectivity index (χ3v) is 3.28. The Hall–Kier alpha value is -0.820. The Bertz CT molecular complexity index is 520. The van der Waals surface area contributed by atoms with E-state index in [2.05, 4.69) is 26.8 Å². The number of hydrogen-bond acceptors (Lipinski definition) is 3. The molecule has 0 saturated carbocycles. The molecule has 126 valence electrons. The fourth-order valence-corrected chi connectivity index (χ4v) is 2.28. The summed E-state index contributed by atoms with van der Waals surface area (Å²) in [6.07, 6.45) is 0. The Morgan fingerprint density at radius 2 is 1.77 bits per heavy atom. The third-order valence-electron chi connectivity index (χ3n) is 3.28. The number of quaternary nitrogens is 1. The molecule has 0 saturated heterocycles. The SMILES string of the molecule is Cc1cc(OC(=O)C[N+](C)(C)C)c(N(C)C)cc1C(C)C.[I-]. The number of nitrogens with zero attached hydrogens (tertiary/aromatic N) is 2. The van der Waals surface area contributed by atoms with Crippen molar-refractivity contribution >= 4 is 11.7 Å².